The molecule has 1 aromatic heterocycles. The fraction of sp³-hybridized carbons (Fsp3) is 0.267. The Bertz CT molecular complexity index is 830. The number of hydrogen-bond donors (Lipinski definition) is 3. The SMILES string of the molecule is CSc1nc(N)nc(SCC(=O)Nc2cccc(C(F)(F)F)c2C)c1N. The van der Waals surface area contributed by atoms with Gasteiger partial charge in [-0.3, -0.25) is 4.79 Å². The van der Waals surface area contributed by atoms with Crippen molar-refractivity contribution in [1.29, 1.82) is 0 Å². The van der Waals surface area contributed by atoms with Gasteiger partial charge in [0.2, 0.25) is 11.9 Å². The van der Waals surface area contributed by atoms with Gasteiger partial charge in [-0.2, -0.15) is 13.2 Å². The van der Waals surface area contributed by atoms with Gasteiger partial charge in [0.15, 0.2) is 0 Å². The molecule has 6 nitrogen and oxygen atoms in total. The first kappa shape index (κ1) is 20.2. The standard InChI is InChI=1S/C15H16F3N5OS2/c1-7-8(15(16,17)18)4-3-5-9(7)21-10(24)6-26-13-11(19)12(25-2)22-14(20)23-13/h3-5H,6,19H2,1-2H3,(H,21,24)(H2,20,22,23). The molecule has 0 unspecified atom stereocenters. The molecule has 0 aliphatic carbocycles. The average Bonchev–Trinajstić information content (AvgIpc) is 2.56. The van der Waals surface area contributed by atoms with E-state index in [9.17, 15) is 18.0 Å². The van der Waals surface area contributed by atoms with Gasteiger partial charge in [0.05, 0.1) is 17.0 Å². The normalized spacial score (nSPS) is 11.4. The van der Waals surface area contributed by atoms with Crippen molar-refractivity contribution >= 4 is 46.8 Å². The van der Waals surface area contributed by atoms with Crippen molar-refractivity contribution in [3.63, 3.8) is 0 Å². The molecule has 5 N–H and O–H groups in total. The highest BCUT2D eigenvalue weighted by Crippen LogP contribution is 2.35. The molecular formula is C15H16F3N5OS2. The summed E-state index contributed by atoms with van der Waals surface area (Å²) in [6, 6.07) is 3.62. The Morgan fingerprint density at radius 1 is 1.23 bits per heavy atom. The second kappa shape index (κ2) is 8.04. The smallest absolute Gasteiger partial charge is 0.394 e. The number of nitrogens with two attached hydrogens (primary N) is 2. The summed E-state index contributed by atoms with van der Waals surface area (Å²) in [7, 11) is 0. The average molecular weight is 403 g/mol. The van der Waals surface area contributed by atoms with Gasteiger partial charge in [0, 0.05) is 5.69 Å². The number of amides is 1. The lowest BCUT2D eigenvalue weighted by Gasteiger charge is -2.14. The van der Waals surface area contributed by atoms with Crippen LogP contribution in [0.1, 0.15) is 11.1 Å². The first-order chi connectivity index (χ1) is 12.1. The predicted octanol–water partition coefficient (Wildman–Crippen LogP) is 3.42. The van der Waals surface area contributed by atoms with E-state index in [-0.39, 0.29) is 23.0 Å². The maximum atomic E-state index is 12.9. The number of nitrogens with one attached hydrogen (secondary N) is 1. The van der Waals surface area contributed by atoms with Crippen LogP contribution in [-0.2, 0) is 11.0 Å². The third kappa shape index (κ3) is 4.73. The molecule has 0 fully saturated rings. The van der Waals surface area contributed by atoms with E-state index in [1.165, 1.54) is 30.8 Å². The molecule has 0 atom stereocenters. The maximum absolute atomic E-state index is 12.9. The molecular weight excluding hydrogens is 387 g/mol. The van der Waals surface area contributed by atoms with Crippen LogP contribution in [0.5, 0.6) is 0 Å². The number of anilines is 3. The van der Waals surface area contributed by atoms with Crippen molar-refractivity contribution in [3.05, 3.63) is 29.3 Å². The Hall–Kier alpha value is -2.14. The van der Waals surface area contributed by atoms with Crippen LogP contribution in [0.3, 0.4) is 0 Å². The predicted molar refractivity (Wildman–Crippen MR) is 98.2 cm³/mol. The molecule has 2 rings (SSSR count). The summed E-state index contributed by atoms with van der Waals surface area (Å²) in [5, 5.41) is 3.31. The van der Waals surface area contributed by atoms with Crippen LogP contribution in [0, 0.1) is 6.92 Å². The Balaban J connectivity index is 2.10. The fourth-order valence-electron chi connectivity index (χ4n) is 2.11. The molecule has 0 aliphatic heterocycles. The molecule has 0 bridgehead atoms. The molecule has 0 saturated heterocycles. The summed E-state index contributed by atoms with van der Waals surface area (Å²) in [6.45, 7) is 1.30. The minimum absolute atomic E-state index is 0.0279. The minimum Gasteiger partial charge on any atom is -0.394 e. The molecule has 0 aliphatic rings. The van der Waals surface area contributed by atoms with Gasteiger partial charge in [-0.05, 0) is 30.9 Å². The molecule has 26 heavy (non-hydrogen) atoms. The van der Waals surface area contributed by atoms with Crippen molar-refractivity contribution < 1.29 is 18.0 Å². The number of benzene rings is 1. The number of thioether (sulfide) groups is 2. The van der Waals surface area contributed by atoms with Crippen LogP contribution in [0.2, 0.25) is 0 Å². The molecule has 0 radical (unpaired) electrons. The van der Waals surface area contributed by atoms with Crippen LogP contribution in [0.15, 0.2) is 28.3 Å². The molecule has 1 heterocycles. The summed E-state index contributed by atoms with van der Waals surface area (Å²) < 4.78 is 38.8. The monoisotopic (exact) mass is 403 g/mol. The van der Waals surface area contributed by atoms with E-state index in [0.29, 0.717) is 15.7 Å². The Morgan fingerprint density at radius 3 is 2.50 bits per heavy atom. The number of rotatable bonds is 5. The number of hydrogen-bond acceptors (Lipinski definition) is 7. The van der Waals surface area contributed by atoms with Crippen molar-refractivity contribution in [2.75, 3.05) is 28.8 Å². The molecule has 1 amide bonds. The number of nitrogen functional groups attached to an aromatic ring is 2. The number of alkyl halides is 3. The number of aromatic nitrogens is 2. The van der Waals surface area contributed by atoms with Crippen LogP contribution >= 0.6 is 23.5 Å². The number of halogens is 3. The first-order valence-electron chi connectivity index (χ1n) is 7.20. The molecule has 0 saturated carbocycles. The lowest BCUT2D eigenvalue weighted by atomic mass is 10.1. The summed E-state index contributed by atoms with van der Waals surface area (Å²) >= 11 is 2.32. The van der Waals surface area contributed by atoms with E-state index in [1.54, 1.807) is 6.26 Å². The highest BCUT2D eigenvalue weighted by Gasteiger charge is 2.33. The zero-order chi connectivity index (χ0) is 19.5. The van der Waals surface area contributed by atoms with Crippen molar-refractivity contribution in [2.24, 2.45) is 0 Å². The van der Waals surface area contributed by atoms with Gasteiger partial charge in [0.25, 0.3) is 0 Å². The van der Waals surface area contributed by atoms with Crippen LogP contribution in [0.4, 0.5) is 30.5 Å². The van der Waals surface area contributed by atoms with Gasteiger partial charge in [-0.25, -0.2) is 9.97 Å². The molecule has 2 aromatic rings. The molecule has 1 aromatic carbocycles. The second-order valence-corrected chi connectivity index (χ2v) is 6.88. The third-order valence-electron chi connectivity index (χ3n) is 3.34. The van der Waals surface area contributed by atoms with E-state index in [0.717, 1.165) is 17.8 Å². The first-order valence-corrected chi connectivity index (χ1v) is 9.41. The highest BCUT2D eigenvalue weighted by molar-refractivity contribution is 8.00. The van der Waals surface area contributed by atoms with E-state index >= 15 is 0 Å². The van der Waals surface area contributed by atoms with Crippen LogP contribution in [0.25, 0.3) is 0 Å². The molecule has 140 valence electrons. The van der Waals surface area contributed by atoms with E-state index in [4.69, 9.17) is 11.5 Å². The van der Waals surface area contributed by atoms with Gasteiger partial charge in [-0.15, -0.1) is 11.8 Å². The zero-order valence-electron chi connectivity index (χ0n) is 13.8. The largest absolute Gasteiger partial charge is 0.416 e. The van der Waals surface area contributed by atoms with Gasteiger partial charge < -0.3 is 16.8 Å². The van der Waals surface area contributed by atoms with E-state index in [2.05, 4.69) is 15.3 Å². The van der Waals surface area contributed by atoms with Crippen LogP contribution < -0.4 is 16.8 Å². The van der Waals surface area contributed by atoms with Crippen molar-refractivity contribution in [3.8, 4) is 0 Å². The maximum Gasteiger partial charge on any atom is 0.416 e. The van der Waals surface area contributed by atoms with Gasteiger partial charge in [-0.1, -0.05) is 17.8 Å². The minimum atomic E-state index is -4.49. The summed E-state index contributed by atoms with van der Waals surface area (Å²) in [5.41, 5.74) is 11.1. The lowest BCUT2D eigenvalue weighted by molar-refractivity contribution is -0.138. The van der Waals surface area contributed by atoms with Gasteiger partial charge in [0.1, 0.15) is 10.1 Å². The second-order valence-electron chi connectivity index (χ2n) is 5.12. The van der Waals surface area contributed by atoms with E-state index < -0.39 is 17.6 Å². The highest BCUT2D eigenvalue weighted by atomic mass is 32.2. The number of carbonyl (C=O) groups is 1. The van der Waals surface area contributed by atoms with E-state index in [1.807, 2.05) is 0 Å². The topological polar surface area (TPSA) is 107 Å². The molecule has 0 spiro atoms. The third-order valence-corrected chi connectivity index (χ3v) is 5.03. The Morgan fingerprint density at radius 2 is 1.88 bits per heavy atom. The summed E-state index contributed by atoms with van der Waals surface area (Å²) in [5.74, 6) is -0.552. The lowest BCUT2D eigenvalue weighted by Crippen LogP contribution is -2.17. The summed E-state index contributed by atoms with van der Waals surface area (Å²) in [4.78, 5) is 20.1. The summed E-state index contributed by atoms with van der Waals surface area (Å²) in [6.07, 6.45) is -2.71. The quantitative estimate of drug-likeness (QED) is 0.519. The fourth-order valence-corrected chi connectivity index (χ4v) is 3.43. The number of carbonyl (C=O) groups excluding carboxylic acids is 1. The van der Waals surface area contributed by atoms with Crippen molar-refractivity contribution in [1.82, 2.24) is 9.97 Å². The van der Waals surface area contributed by atoms with Gasteiger partial charge >= 0.3 is 6.18 Å². The zero-order valence-corrected chi connectivity index (χ0v) is 15.5. The Labute approximate surface area is 156 Å². The molecule has 11 heteroatoms. The number of nitrogens with zero attached hydrogens (tertiary/aromatic N) is 2. The van der Waals surface area contributed by atoms with Crippen molar-refractivity contribution in [2.45, 2.75) is 23.2 Å². The van der Waals surface area contributed by atoms with Crippen LogP contribution in [-0.4, -0.2) is 27.9 Å². The Kier molecular flexibility index (Phi) is 6.24.